The number of carbonyl (C=O) groups excluding carboxylic acids is 2. The molecule has 100 valence electrons. The van der Waals surface area contributed by atoms with Crippen molar-refractivity contribution in [1.29, 1.82) is 0 Å². The van der Waals surface area contributed by atoms with E-state index in [0.717, 1.165) is 25.7 Å². The van der Waals surface area contributed by atoms with Gasteiger partial charge in [0.2, 0.25) is 0 Å². The van der Waals surface area contributed by atoms with Crippen LogP contribution in [0.1, 0.15) is 39.5 Å². The monoisotopic (exact) mass is 264 g/mol. The molecular weight excluding hydrogens is 243 g/mol. The lowest BCUT2D eigenvalue weighted by Gasteiger charge is -2.07. The molecule has 2 amide bonds. The van der Waals surface area contributed by atoms with Gasteiger partial charge < -0.3 is 19.7 Å². The molecule has 0 bridgehead atoms. The largest absolute Gasteiger partial charge is 0.412 e. The number of hydrogen-bond donors (Lipinski definition) is 2. The van der Waals surface area contributed by atoms with Gasteiger partial charge in [0.25, 0.3) is 9.03 Å². The molecule has 0 aliphatic heterocycles. The maximum absolute atomic E-state index is 11.0. The van der Waals surface area contributed by atoms with Gasteiger partial charge in [-0.25, -0.2) is 9.59 Å². The predicted octanol–water partition coefficient (Wildman–Crippen LogP) is 2.55. The Morgan fingerprint density at radius 1 is 0.941 bits per heavy atom. The van der Waals surface area contributed by atoms with Gasteiger partial charge in [-0.05, 0) is 12.8 Å². The van der Waals surface area contributed by atoms with E-state index in [9.17, 15) is 9.59 Å². The zero-order valence-electron chi connectivity index (χ0n) is 10.4. The van der Waals surface area contributed by atoms with Gasteiger partial charge in [0.15, 0.2) is 0 Å². The van der Waals surface area contributed by atoms with E-state index in [1.165, 1.54) is 0 Å². The summed E-state index contributed by atoms with van der Waals surface area (Å²) in [7, 11) is -0.607. The van der Waals surface area contributed by atoms with E-state index in [0.29, 0.717) is 13.1 Å². The smallest absolute Gasteiger partial charge is 0.392 e. The first-order chi connectivity index (χ1) is 8.20. The number of hydrogen-bond acceptors (Lipinski definition) is 4. The Hall–Kier alpha value is -1.03. The summed E-state index contributed by atoms with van der Waals surface area (Å²) < 4.78 is 9.32. The van der Waals surface area contributed by atoms with Gasteiger partial charge in [0.05, 0.1) is 0 Å². The quantitative estimate of drug-likeness (QED) is 0.521. The average Bonchev–Trinajstić information content (AvgIpc) is 2.30. The van der Waals surface area contributed by atoms with Crippen LogP contribution in [0.25, 0.3) is 0 Å². The molecule has 6 nitrogen and oxygen atoms in total. The van der Waals surface area contributed by atoms with Crippen molar-refractivity contribution in [2.24, 2.45) is 0 Å². The summed E-state index contributed by atoms with van der Waals surface area (Å²) in [4.78, 5) is 22.0. The molecule has 0 saturated heterocycles. The third-order valence-corrected chi connectivity index (χ3v) is 2.41. The van der Waals surface area contributed by atoms with E-state index in [1.807, 2.05) is 13.8 Å². The van der Waals surface area contributed by atoms with E-state index < -0.39 is 21.2 Å². The van der Waals surface area contributed by atoms with Crippen molar-refractivity contribution in [2.45, 2.75) is 39.5 Å². The highest BCUT2D eigenvalue weighted by atomic mass is 31.1. The SMILES string of the molecule is CCCCNC(=O)OPOC(=O)NCCCC. The molecule has 0 unspecified atom stereocenters. The van der Waals surface area contributed by atoms with E-state index in [-0.39, 0.29) is 0 Å². The Bertz CT molecular complexity index is 204. The summed E-state index contributed by atoms with van der Waals surface area (Å²) in [6.07, 6.45) is 2.68. The van der Waals surface area contributed by atoms with Crippen molar-refractivity contribution in [3.8, 4) is 0 Å². The van der Waals surface area contributed by atoms with Gasteiger partial charge in [-0.3, -0.25) is 0 Å². The molecule has 0 rings (SSSR count). The predicted molar refractivity (Wildman–Crippen MR) is 67.1 cm³/mol. The summed E-state index contributed by atoms with van der Waals surface area (Å²) in [6.45, 7) is 5.20. The fourth-order valence-corrected chi connectivity index (χ4v) is 1.24. The van der Waals surface area contributed by atoms with E-state index in [4.69, 9.17) is 0 Å². The van der Waals surface area contributed by atoms with Crippen LogP contribution in [-0.4, -0.2) is 25.3 Å². The topological polar surface area (TPSA) is 76.7 Å². The molecule has 0 radical (unpaired) electrons. The van der Waals surface area contributed by atoms with E-state index >= 15 is 0 Å². The third kappa shape index (κ3) is 11.2. The highest BCUT2D eigenvalue weighted by Gasteiger charge is 2.04. The van der Waals surface area contributed by atoms with Gasteiger partial charge in [0, 0.05) is 13.1 Å². The van der Waals surface area contributed by atoms with Crippen LogP contribution in [0, 0.1) is 0 Å². The van der Waals surface area contributed by atoms with Crippen LogP contribution in [0.5, 0.6) is 0 Å². The molecule has 0 aromatic rings. The van der Waals surface area contributed by atoms with Crippen molar-refractivity contribution in [3.05, 3.63) is 0 Å². The lowest BCUT2D eigenvalue weighted by Crippen LogP contribution is -2.25. The number of rotatable bonds is 8. The zero-order chi connectivity index (χ0) is 12.9. The standard InChI is InChI=1S/C10H21N2O4P/c1-3-5-7-11-9(13)15-17-16-10(14)12-8-6-4-2/h17H,3-8H2,1-2H3,(H,11,13)(H,12,14). The molecule has 2 N–H and O–H groups in total. The minimum Gasteiger partial charge on any atom is -0.392 e. The number of unbranched alkanes of at least 4 members (excludes halogenated alkanes) is 2. The maximum Gasteiger partial charge on any atom is 0.412 e. The van der Waals surface area contributed by atoms with E-state index in [1.54, 1.807) is 0 Å². The molecule has 0 saturated carbocycles. The number of nitrogens with one attached hydrogen (secondary N) is 2. The third-order valence-electron chi connectivity index (χ3n) is 1.87. The van der Waals surface area contributed by atoms with Crippen LogP contribution >= 0.6 is 9.03 Å². The fraction of sp³-hybridized carbons (Fsp3) is 0.800. The number of amides is 2. The first-order valence-corrected chi connectivity index (χ1v) is 6.66. The lowest BCUT2D eigenvalue weighted by atomic mass is 10.3. The molecule has 7 heteroatoms. The fourth-order valence-electron chi connectivity index (χ4n) is 0.903. The summed E-state index contributed by atoms with van der Waals surface area (Å²) in [6, 6.07) is 0. The Balaban J connectivity index is 3.36. The number of carbonyl (C=O) groups is 2. The highest BCUT2D eigenvalue weighted by molar-refractivity contribution is 7.27. The summed E-state index contributed by atoms with van der Waals surface area (Å²) in [5.41, 5.74) is 0. The van der Waals surface area contributed by atoms with Crippen LogP contribution in [0.3, 0.4) is 0 Å². The first kappa shape index (κ1) is 16.0. The Morgan fingerprint density at radius 3 is 1.71 bits per heavy atom. The van der Waals surface area contributed by atoms with Crippen LogP contribution in [-0.2, 0) is 9.05 Å². The lowest BCUT2D eigenvalue weighted by molar-refractivity contribution is 0.190. The van der Waals surface area contributed by atoms with Crippen LogP contribution < -0.4 is 10.6 Å². The molecule has 0 heterocycles. The van der Waals surface area contributed by atoms with Crippen LogP contribution in [0.4, 0.5) is 9.59 Å². The van der Waals surface area contributed by atoms with Crippen molar-refractivity contribution in [3.63, 3.8) is 0 Å². The summed E-state index contributed by atoms with van der Waals surface area (Å²) in [5.74, 6) is 0. The molecule has 0 atom stereocenters. The van der Waals surface area contributed by atoms with Gasteiger partial charge in [-0.2, -0.15) is 0 Å². The summed E-state index contributed by atoms with van der Waals surface area (Å²) in [5, 5.41) is 5.09. The van der Waals surface area contributed by atoms with Gasteiger partial charge in [-0.15, -0.1) is 0 Å². The van der Waals surface area contributed by atoms with Crippen molar-refractivity contribution in [2.75, 3.05) is 13.1 Å². The molecule has 0 aliphatic rings. The average molecular weight is 264 g/mol. The highest BCUT2D eigenvalue weighted by Crippen LogP contribution is 2.13. The molecular formula is C10H21N2O4P. The van der Waals surface area contributed by atoms with Gasteiger partial charge in [-0.1, -0.05) is 26.7 Å². The van der Waals surface area contributed by atoms with Gasteiger partial charge in [0.1, 0.15) is 0 Å². The first-order valence-electron chi connectivity index (χ1n) is 5.85. The zero-order valence-corrected chi connectivity index (χ0v) is 11.4. The normalized spacial score (nSPS) is 9.53. The maximum atomic E-state index is 11.0. The minimum atomic E-state index is -0.607. The van der Waals surface area contributed by atoms with Crippen LogP contribution in [0.15, 0.2) is 0 Å². The van der Waals surface area contributed by atoms with Crippen LogP contribution in [0.2, 0.25) is 0 Å². The van der Waals surface area contributed by atoms with Crippen molar-refractivity contribution in [1.82, 2.24) is 10.6 Å². The molecule has 0 spiro atoms. The van der Waals surface area contributed by atoms with Crippen molar-refractivity contribution < 1.29 is 18.6 Å². The van der Waals surface area contributed by atoms with E-state index in [2.05, 4.69) is 19.7 Å². The molecule has 0 aromatic carbocycles. The summed E-state index contributed by atoms with van der Waals surface area (Å²) >= 11 is 0. The second-order valence-electron chi connectivity index (χ2n) is 3.42. The van der Waals surface area contributed by atoms with Crippen molar-refractivity contribution >= 4 is 21.2 Å². The molecule has 0 aromatic heterocycles. The molecule has 0 aliphatic carbocycles. The Kier molecular flexibility index (Phi) is 10.8. The Labute approximate surface area is 104 Å². The minimum absolute atomic E-state index is 0.557. The Morgan fingerprint density at radius 2 is 1.35 bits per heavy atom. The second kappa shape index (κ2) is 11.5. The molecule has 0 fully saturated rings. The molecule has 17 heavy (non-hydrogen) atoms. The second-order valence-corrected chi connectivity index (χ2v) is 4.00. The van der Waals surface area contributed by atoms with Gasteiger partial charge >= 0.3 is 12.2 Å².